The fraction of sp³-hybridized carbons (Fsp3) is 0.467. The van der Waals surface area contributed by atoms with Crippen LogP contribution >= 0.6 is 24.8 Å². The van der Waals surface area contributed by atoms with Gasteiger partial charge in [-0.1, -0.05) is 25.0 Å². The van der Waals surface area contributed by atoms with Gasteiger partial charge in [0.25, 0.3) is 0 Å². The van der Waals surface area contributed by atoms with Gasteiger partial charge in [0.2, 0.25) is 5.91 Å². The Bertz CT molecular complexity index is 590. The van der Waals surface area contributed by atoms with Crippen molar-refractivity contribution in [2.75, 3.05) is 6.54 Å². The highest BCUT2D eigenvalue weighted by atomic mass is 35.5. The Morgan fingerprint density at radius 2 is 1.95 bits per heavy atom. The fourth-order valence-corrected chi connectivity index (χ4v) is 2.83. The minimum absolute atomic E-state index is 0. The van der Waals surface area contributed by atoms with Crippen molar-refractivity contribution in [2.24, 2.45) is 5.73 Å². The summed E-state index contributed by atoms with van der Waals surface area (Å²) in [5.41, 5.74) is 7.45. The highest BCUT2D eigenvalue weighted by Gasteiger charge is 2.36. The van der Waals surface area contributed by atoms with Gasteiger partial charge in [-0.15, -0.1) is 24.8 Å². The topological polar surface area (TPSA) is 83.8 Å². The quantitative estimate of drug-likeness (QED) is 0.795. The van der Waals surface area contributed by atoms with E-state index in [1.165, 1.54) is 0 Å². The smallest absolute Gasteiger partial charge is 0.240 e. The number of para-hydroxylation sites is 2. The summed E-state index contributed by atoms with van der Waals surface area (Å²) in [6.45, 7) is 0.567. The van der Waals surface area contributed by atoms with Gasteiger partial charge in [-0.05, 0) is 25.0 Å². The zero-order valence-corrected chi connectivity index (χ0v) is 13.9. The van der Waals surface area contributed by atoms with Crippen molar-refractivity contribution < 1.29 is 4.79 Å². The molecule has 0 spiro atoms. The molecule has 0 saturated heterocycles. The molecule has 0 atom stereocenters. The molecule has 5 nitrogen and oxygen atoms in total. The predicted molar refractivity (Wildman–Crippen MR) is 92.7 cm³/mol. The third-order valence-corrected chi connectivity index (χ3v) is 4.03. The molecule has 1 aromatic carbocycles. The maximum Gasteiger partial charge on any atom is 0.240 e. The average molecular weight is 345 g/mol. The number of hydrogen-bond acceptors (Lipinski definition) is 3. The van der Waals surface area contributed by atoms with Crippen molar-refractivity contribution in [1.82, 2.24) is 15.3 Å². The molecule has 0 unspecified atom stereocenters. The molecule has 3 rings (SSSR count). The molecular formula is C15H22Cl2N4O. The predicted octanol–water partition coefficient (Wildman–Crippen LogP) is 2.34. The first kappa shape index (κ1) is 18.7. The first-order valence-electron chi connectivity index (χ1n) is 7.18. The van der Waals surface area contributed by atoms with Crippen LogP contribution in [0.1, 0.15) is 31.5 Å². The molecule has 0 radical (unpaired) electrons. The molecule has 7 heteroatoms. The second-order valence-corrected chi connectivity index (χ2v) is 5.57. The number of halogens is 2. The molecule has 2 aromatic rings. The lowest BCUT2D eigenvalue weighted by Crippen LogP contribution is -2.52. The molecule has 1 aromatic heterocycles. The second kappa shape index (κ2) is 7.81. The van der Waals surface area contributed by atoms with Gasteiger partial charge in [-0.2, -0.15) is 0 Å². The SMILES string of the molecule is Cl.Cl.NC1(C(=O)NCCc2nc3ccccc3[nH]2)CCCC1. The summed E-state index contributed by atoms with van der Waals surface area (Å²) in [6, 6.07) is 7.91. The number of hydrogen-bond donors (Lipinski definition) is 3. The van der Waals surface area contributed by atoms with Gasteiger partial charge >= 0.3 is 0 Å². The van der Waals surface area contributed by atoms with E-state index < -0.39 is 5.54 Å². The zero-order chi connectivity index (χ0) is 14.0. The average Bonchev–Trinajstić information content (AvgIpc) is 3.05. The van der Waals surface area contributed by atoms with Gasteiger partial charge in [-0.25, -0.2) is 4.98 Å². The lowest BCUT2D eigenvalue weighted by Gasteiger charge is -2.21. The van der Waals surface area contributed by atoms with Crippen LogP contribution in [0.3, 0.4) is 0 Å². The lowest BCUT2D eigenvalue weighted by molar-refractivity contribution is -0.126. The molecular weight excluding hydrogens is 323 g/mol. The molecule has 1 aliphatic carbocycles. The summed E-state index contributed by atoms with van der Waals surface area (Å²) in [4.78, 5) is 19.8. The van der Waals surface area contributed by atoms with Crippen molar-refractivity contribution in [2.45, 2.75) is 37.6 Å². The minimum Gasteiger partial charge on any atom is -0.354 e. The molecule has 0 bridgehead atoms. The number of nitrogens with one attached hydrogen (secondary N) is 2. The van der Waals surface area contributed by atoms with E-state index in [1.807, 2.05) is 24.3 Å². The van der Waals surface area contributed by atoms with Crippen LogP contribution in [0.15, 0.2) is 24.3 Å². The Balaban J connectivity index is 0.00000121. The number of benzene rings is 1. The Morgan fingerprint density at radius 3 is 2.64 bits per heavy atom. The number of aromatic nitrogens is 2. The van der Waals surface area contributed by atoms with E-state index in [0.29, 0.717) is 13.0 Å². The number of carbonyl (C=O) groups is 1. The van der Waals surface area contributed by atoms with Crippen LogP contribution in [0.4, 0.5) is 0 Å². The monoisotopic (exact) mass is 344 g/mol. The number of nitrogens with zero attached hydrogens (tertiary/aromatic N) is 1. The summed E-state index contributed by atoms with van der Waals surface area (Å²) in [5, 5.41) is 2.93. The summed E-state index contributed by atoms with van der Waals surface area (Å²) < 4.78 is 0. The highest BCUT2D eigenvalue weighted by Crippen LogP contribution is 2.27. The van der Waals surface area contributed by atoms with Crippen LogP contribution < -0.4 is 11.1 Å². The van der Waals surface area contributed by atoms with Gasteiger partial charge < -0.3 is 16.0 Å². The Labute approximate surface area is 142 Å². The van der Waals surface area contributed by atoms with Crippen molar-refractivity contribution in [3.63, 3.8) is 0 Å². The molecule has 1 aliphatic rings. The van der Waals surface area contributed by atoms with Gasteiger partial charge in [-0.3, -0.25) is 4.79 Å². The minimum atomic E-state index is -0.645. The standard InChI is InChI=1S/C15H20N4O.2ClH/c16-15(8-3-4-9-15)14(20)17-10-7-13-18-11-5-1-2-6-12(11)19-13;;/h1-2,5-6H,3-4,7-10,16H2,(H,17,20)(H,18,19);2*1H. The van der Waals surface area contributed by atoms with E-state index in [0.717, 1.165) is 42.5 Å². The van der Waals surface area contributed by atoms with Crippen molar-refractivity contribution >= 4 is 41.8 Å². The van der Waals surface area contributed by atoms with Gasteiger partial charge in [0.15, 0.2) is 0 Å². The van der Waals surface area contributed by atoms with E-state index >= 15 is 0 Å². The van der Waals surface area contributed by atoms with E-state index in [2.05, 4.69) is 15.3 Å². The number of imidazole rings is 1. The Hall–Kier alpha value is -1.30. The number of aromatic amines is 1. The highest BCUT2D eigenvalue weighted by molar-refractivity contribution is 5.86. The van der Waals surface area contributed by atoms with Crippen molar-refractivity contribution in [3.8, 4) is 0 Å². The molecule has 22 heavy (non-hydrogen) atoms. The zero-order valence-electron chi connectivity index (χ0n) is 12.3. The van der Waals surface area contributed by atoms with E-state index in [-0.39, 0.29) is 30.7 Å². The van der Waals surface area contributed by atoms with E-state index in [1.54, 1.807) is 0 Å². The third-order valence-electron chi connectivity index (χ3n) is 4.03. The van der Waals surface area contributed by atoms with Crippen LogP contribution in [-0.2, 0) is 11.2 Å². The van der Waals surface area contributed by atoms with E-state index in [4.69, 9.17) is 5.73 Å². The van der Waals surface area contributed by atoms with Crippen LogP contribution in [0.25, 0.3) is 11.0 Å². The molecule has 1 heterocycles. The first-order valence-corrected chi connectivity index (χ1v) is 7.18. The normalized spacial score (nSPS) is 15.9. The number of carbonyl (C=O) groups excluding carboxylic acids is 1. The van der Waals surface area contributed by atoms with Crippen molar-refractivity contribution in [1.29, 1.82) is 0 Å². The molecule has 4 N–H and O–H groups in total. The second-order valence-electron chi connectivity index (χ2n) is 5.57. The maximum atomic E-state index is 12.1. The van der Waals surface area contributed by atoms with Crippen LogP contribution in [0, 0.1) is 0 Å². The molecule has 1 fully saturated rings. The Morgan fingerprint density at radius 1 is 1.27 bits per heavy atom. The number of H-pyrrole nitrogens is 1. The lowest BCUT2D eigenvalue weighted by atomic mass is 9.98. The van der Waals surface area contributed by atoms with Crippen LogP contribution in [-0.4, -0.2) is 28.0 Å². The summed E-state index contributed by atoms with van der Waals surface area (Å²) in [5.74, 6) is 0.870. The van der Waals surface area contributed by atoms with Gasteiger partial charge in [0.1, 0.15) is 5.82 Å². The summed E-state index contributed by atoms with van der Waals surface area (Å²) >= 11 is 0. The van der Waals surface area contributed by atoms with E-state index in [9.17, 15) is 4.79 Å². The largest absolute Gasteiger partial charge is 0.354 e. The van der Waals surface area contributed by atoms with Crippen LogP contribution in [0.2, 0.25) is 0 Å². The van der Waals surface area contributed by atoms with Crippen LogP contribution in [0.5, 0.6) is 0 Å². The third kappa shape index (κ3) is 3.91. The first-order chi connectivity index (χ1) is 9.67. The number of amides is 1. The molecule has 0 aliphatic heterocycles. The van der Waals surface area contributed by atoms with Crippen molar-refractivity contribution in [3.05, 3.63) is 30.1 Å². The number of fused-ring (bicyclic) bond motifs is 1. The van der Waals surface area contributed by atoms with Gasteiger partial charge in [0.05, 0.1) is 16.6 Å². The maximum absolute atomic E-state index is 12.1. The fourth-order valence-electron chi connectivity index (χ4n) is 2.83. The molecule has 1 saturated carbocycles. The number of rotatable bonds is 4. The summed E-state index contributed by atoms with van der Waals surface area (Å²) in [7, 11) is 0. The molecule has 1 amide bonds. The Kier molecular flexibility index (Phi) is 6.66. The number of nitrogens with two attached hydrogens (primary N) is 1. The molecule has 122 valence electrons. The summed E-state index contributed by atoms with van der Waals surface area (Å²) in [6.07, 6.45) is 4.38. The van der Waals surface area contributed by atoms with Gasteiger partial charge in [0, 0.05) is 13.0 Å².